The standard InChI is InChI=1S/C12H17F3N2/c1-4-16-10(7-17(2)3)8-5-6-9(13)12(15)11(8)14/h5-6,10,16H,4,7H2,1-3H3. The summed E-state index contributed by atoms with van der Waals surface area (Å²) in [7, 11) is 3.67. The molecule has 0 spiro atoms. The molecule has 0 aromatic heterocycles. The fraction of sp³-hybridized carbons (Fsp3) is 0.500. The predicted octanol–water partition coefficient (Wildman–Crippen LogP) is 2.32. The zero-order valence-corrected chi connectivity index (χ0v) is 10.2. The molecule has 5 heteroatoms. The molecule has 0 heterocycles. The molecule has 0 aliphatic carbocycles. The topological polar surface area (TPSA) is 15.3 Å². The van der Waals surface area contributed by atoms with E-state index >= 15 is 0 Å². The second-order valence-electron chi connectivity index (χ2n) is 4.14. The van der Waals surface area contributed by atoms with Gasteiger partial charge in [0.1, 0.15) is 0 Å². The molecule has 0 aliphatic heterocycles. The zero-order chi connectivity index (χ0) is 13.0. The Hall–Kier alpha value is -1.07. The molecule has 1 aromatic carbocycles. The highest BCUT2D eigenvalue weighted by Gasteiger charge is 2.20. The molecule has 0 radical (unpaired) electrons. The number of benzene rings is 1. The van der Waals surface area contributed by atoms with Crippen LogP contribution in [0.1, 0.15) is 18.5 Å². The van der Waals surface area contributed by atoms with E-state index in [4.69, 9.17) is 0 Å². The second kappa shape index (κ2) is 6.02. The summed E-state index contributed by atoms with van der Waals surface area (Å²) in [6.07, 6.45) is 0. The van der Waals surface area contributed by atoms with Gasteiger partial charge in [0.25, 0.3) is 0 Å². The van der Waals surface area contributed by atoms with Crippen LogP contribution in [0, 0.1) is 17.5 Å². The summed E-state index contributed by atoms with van der Waals surface area (Å²) in [6.45, 7) is 3.01. The molecule has 0 aliphatic rings. The van der Waals surface area contributed by atoms with E-state index in [1.165, 1.54) is 6.07 Å². The van der Waals surface area contributed by atoms with Crippen LogP contribution in [0.15, 0.2) is 12.1 Å². The number of rotatable bonds is 5. The molecule has 1 aromatic rings. The number of halogens is 3. The number of nitrogens with zero attached hydrogens (tertiary/aromatic N) is 1. The summed E-state index contributed by atoms with van der Waals surface area (Å²) in [5.41, 5.74) is 0.152. The first-order valence-corrected chi connectivity index (χ1v) is 5.48. The molecule has 1 atom stereocenters. The van der Waals surface area contributed by atoms with Gasteiger partial charge in [-0.2, -0.15) is 0 Å². The molecule has 1 unspecified atom stereocenters. The van der Waals surface area contributed by atoms with Crippen molar-refractivity contribution in [2.24, 2.45) is 0 Å². The molecule has 0 fully saturated rings. The first-order chi connectivity index (χ1) is 7.97. The van der Waals surface area contributed by atoms with Crippen molar-refractivity contribution in [2.75, 3.05) is 27.2 Å². The Morgan fingerprint density at radius 3 is 2.35 bits per heavy atom. The number of nitrogens with one attached hydrogen (secondary N) is 1. The lowest BCUT2D eigenvalue weighted by Gasteiger charge is -2.22. The molecule has 0 bridgehead atoms. The Bertz CT molecular complexity index is 380. The Morgan fingerprint density at radius 2 is 1.82 bits per heavy atom. The molecular weight excluding hydrogens is 229 g/mol. The van der Waals surface area contributed by atoms with Gasteiger partial charge in [-0.1, -0.05) is 13.0 Å². The summed E-state index contributed by atoms with van der Waals surface area (Å²) in [5.74, 6) is -3.69. The van der Waals surface area contributed by atoms with Crippen molar-refractivity contribution in [2.45, 2.75) is 13.0 Å². The maximum Gasteiger partial charge on any atom is 0.194 e. The van der Waals surface area contributed by atoms with E-state index in [-0.39, 0.29) is 11.6 Å². The monoisotopic (exact) mass is 246 g/mol. The van der Waals surface area contributed by atoms with Gasteiger partial charge in [0, 0.05) is 18.2 Å². The highest BCUT2D eigenvalue weighted by molar-refractivity contribution is 5.24. The summed E-state index contributed by atoms with van der Waals surface area (Å²) < 4.78 is 39.6. The van der Waals surface area contributed by atoms with Gasteiger partial charge in [-0.25, -0.2) is 13.2 Å². The van der Waals surface area contributed by atoms with E-state index in [2.05, 4.69) is 5.32 Å². The zero-order valence-electron chi connectivity index (χ0n) is 10.2. The van der Waals surface area contributed by atoms with Gasteiger partial charge < -0.3 is 10.2 Å². The van der Waals surface area contributed by atoms with Crippen molar-refractivity contribution in [1.82, 2.24) is 10.2 Å². The quantitative estimate of drug-likeness (QED) is 0.802. The summed E-state index contributed by atoms with van der Waals surface area (Å²) >= 11 is 0. The largest absolute Gasteiger partial charge is 0.309 e. The van der Waals surface area contributed by atoms with E-state index in [0.29, 0.717) is 13.1 Å². The average Bonchev–Trinajstić information content (AvgIpc) is 2.25. The average molecular weight is 246 g/mol. The molecule has 1 rings (SSSR count). The highest BCUT2D eigenvalue weighted by atomic mass is 19.2. The van der Waals surface area contributed by atoms with Crippen LogP contribution in [0.4, 0.5) is 13.2 Å². The summed E-state index contributed by atoms with van der Waals surface area (Å²) in [5, 5.41) is 3.05. The molecule has 0 saturated heterocycles. The maximum absolute atomic E-state index is 13.6. The Morgan fingerprint density at radius 1 is 1.18 bits per heavy atom. The number of hydrogen-bond acceptors (Lipinski definition) is 2. The Balaban J connectivity index is 3.05. The van der Waals surface area contributed by atoms with Crippen molar-refractivity contribution in [1.29, 1.82) is 0 Å². The third-order valence-electron chi connectivity index (χ3n) is 2.44. The van der Waals surface area contributed by atoms with E-state index in [0.717, 1.165) is 6.07 Å². The fourth-order valence-corrected chi connectivity index (χ4v) is 1.69. The lowest BCUT2D eigenvalue weighted by atomic mass is 10.1. The van der Waals surface area contributed by atoms with Crippen molar-refractivity contribution in [3.63, 3.8) is 0 Å². The molecule has 1 N–H and O–H groups in total. The van der Waals surface area contributed by atoms with Crippen LogP contribution in [0.25, 0.3) is 0 Å². The van der Waals surface area contributed by atoms with Crippen LogP contribution in [0.2, 0.25) is 0 Å². The molecular formula is C12H17F3N2. The van der Waals surface area contributed by atoms with Crippen LogP contribution in [0.3, 0.4) is 0 Å². The summed E-state index contributed by atoms with van der Waals surface area (Å²) in [6, 6.07) is 1.88. The summed E-state index contributed by atoms with van der Waals surface area (Å²) in [4.78, 5) is 1.86. The van der Waals surface area contributed by atoms with Gasteiger partial charge in [-0.15, -0.1) is 0 Å². The van der Waals surface area contributed by atoms with Gasteiger partial charge in [-0.05, 0) is 26.7 Å². The Labute approximate surface area is 99.4 Å². The van der Waals surface area contributed by atoms with Gasteiger partial charge in [0.15, 0.2) is 17.5 Å². The molecule has 0 saturated carbocycles. The minimum atomic E-state index is -1.41. The van der Waals surface area contributed by atoms with Gasteiger partial charge in [0.05, 0.1) is 0 Å². The van der Waals surface area contributed by atoms with Crippen LogP contribution >= 0.6 is 0 Å². The molecule has 17 heavy (non-hydrogen) atoms. The predicted molar refractivity (Wildman–Crippen MR) is 61.3 cm³/mol. The van der Waals surface area contributed by atoms with Gasteiger partial charge >= 0.3 is 0 Å². The molecule has 2 nitrogen and oxygen atoms in total. The SMILES string of the molecule is CCNC(CN(C)C)c1ccc(F)c(F)c1F. The number of likely N-dealkylation sites (N-methyl/N-ethyl adjacent to an activating group) is 2. The van der Waals surface area contributed by atoms with Crippen LogP contribution < -0.4 is 5.32 Å². The van der Waals surface area contributed by atoms with Crippen molar-refractivity contribution >= 4 is 0 Å². The van der Waals surface area contributed by atoms with Gasteiger partial charge in [-0.3, -0.25) is 0 Å². The maximum atomic E-state index is 13.6. The van der Waals surface area contributed by atoms with Crippen LogP contribution in [-0.2, 0) is 0 Å². The third-order valence-corrected chi connectivity index (χ3v) is 2.44. The van der Waals surface area contributed by atoms with E-state index < -0.39 is 17.5 Å². The Kier molecular flexibility index (Phi) is 4.96. The van der Waals surface area contributed by atoms with E-state index in [1.807, 2.05) is 25.9 Å². The lowest BCUT2D eigenvalue weighted by Crippen LogP contribution is -2.32. The molecule has 96 valence electrons. The van der Waals surface area contributed by atoms with Crippen molar-refractivity contribution < 1.29 is 13.2 Å². The van der Waals surface area contributed by atoms with E-state index in [9.17, 15) is 13.2 Å². The van der Waals surface area contributed by atoms with Crippen molar-refractivity contribution in [3.8, 4) is 0 Å². The first kappa shape index (κ1) is 14.0. The first-order valence-electron chi connectivity index (χ1n) is 5.48. The van der Waals surface area contributed by atoms with E-state index in [1.54, 1.807) is 0 Å². The van der Waals surface area contributed by atoms with Gasteiger partial charge in [0.2, 0.25) is 0 Å². The smallest absolute Gasteiger partial charge is 0.194 e. The van der Waals surface area contributed by atoms with Crippen molar-refractivity contribution in [3.05, 3.63) is 35.1 Å². The second-order valence-corrected chi connectivity index (χ2v) is 4.14. The minimum Gasteiger partial charge on any atom is -0.309 e. The number of hydrogen-bond donors (Lipinski definition) is 1. The fourth-order valence-electron chi connectivity index (χ4n) is 1.69. The minimum absolute atomic E-state index is 0.152. The lowest BCUT2D eigenvalue weighted by molar-refractivity contribution is 0.334. The molecule has 0 amide bonds. The van der Waals surface area contributed by atoms with Crippen LogP contribution in [-0.4, -0.2) is 32.1 Å². The van der Waals surface area contributed by atoms with Crippen LogP contribution in [0.5, 0.6) is 0 Å². The normalized spacial score (nSPS) is 13.1. The highest BCUT2D eigenvalue weighted by Crippen LogP contribution is 2.21. The third kappa shape index (κ3) is 3.44.